The molecule has 1 atom stereocenters. The number of benzene rings is 1. The van der Waals surface area contributed by atoms with Gasteiger partial charge in [0.25, 0.3) is 11.7 Å². The maximum atomic E-state index is 13.5. The maximum Gasteiger partial charge on any atom is 0.328 e. The second-order valence-electron chi connectivity index (χ2n) is 7.66. The summed E-state index contributed by atoms with van der Waals surface area (Å²) in [6.45, 7) is 3.53. The minimum absolute atomic E-state index is 0.0520. The summed E-state index contributed by atoms with van der Waals surface area (Å²) < 4.78 is 23.9. The summed E-state index contributed by atoms with van der Waals surface area (Å²) >= 11 is 7.29. The van der Waals surface area contributed by atoms with Crippen LogP contribution in [0.2, 0.25) is 5.15 Å². The van der Waals surface area contributed by atoms with Gasteiger partial charge < -0.3 is 14.2 Å². The van der Waals surface area contributed by atoms with Gasteiger partial charge >= 0.3 is 5.97 Å². The topological polar surface area (TPSA) is 98.4 Å². The van der Waals surface area contributed by atoms with E-state index in [1.807, 2.05) is 0 Å². The van der Waals surface area contributed by atoms with Crippen molar-refractivity contribution < 1.29 is 23.2 Å². The third kappa shape index (κ3) is 4.91. The number of anilines is 2. The molecule has 0 bridgehead atoms. The van der Waals surface area contributed by atoms with Gasteiger partial charge in [-0.1, -0.05) is 40.9 Å². The van der Waals surface area contributed by atoms with E-state index in [0.717, 1.165) is 37.0 Å². The lowest BCUT2D eigenvalue weighted by Gasteiger charge is -2.27. The first-order valence-electron chi connectivity index (χ1n) is 10.6. The zero-order valence-corrected chi connectivity index (χ0v) is 19.7. The van der Waals surface area contributed by atoms with Gasteiger partial charge in [0.05, 0.1) is 6.61 Å². The Labute approximate surface area is 198 Å². The molecule has 1 aliphatic rings. The largest absolute Gasteiger partial charge is 0.464 e. The number of ketones is 1. The third-order valence-electron chi connectivity index (χ3n) is 5.46. The molecule has 1 aliphatic carbocycles. The zero-order chi connectivity index (χ0) is 23.5. The van der Waals surface area contributed by atoms with Crippen molar-refractivity contribution in [1.82, 2.24) is 15.1 Å². The number of halogens is 2. The fourth-order valence-electron chi connectivity index (χ4n) is 3.78. The van der Waals surface area contributed by atoms with Gasteiger partial charge in [0.1, 0.15) is 16.7 Å². The molecular formula is C22H22ClFN4O4S. The van der Waals surface area contributed by atoms with Crippen LogP contribution in [0.1, 0.15) is 66.8 Å². The van der Waals surface area contributed by atoms with E-state index in [1.54, 1.807) is 18.7 Å². The van der Waals surface area contributed by atoms with Crippen LogP contribution in [0.4, 0.5) is 15.2 Å². The van der Waals surface area contributed by atoms with Crippen LogP contribution in [-0.4, -0.2) is 39.5 Å². The van der Waals surface area contributed by atoms with Gasteiger partial charge in [-0.3, -0.25) is 4.79 Å². The number of carbonyl (C=O) groups excluding carboxylic acids is 2. The predicted molar refractivity (Wildman–Crippen MR) is 121 cm³/mol. The molecule has 2 aromatic heterocycles. The van der Waals surface area contributed by atoms with E-state index in [-0.39, 0.29) is 33.6 Å². The van der Waals surface area contributed by atoms with Gasteiger partial charge in [0, 0.05) is 11.6 Å². The van der Waals surface area contributed by atoms with E-state index in [9.17, 15) is 14.0 Å². The monoisotopic (exact) mass is 492 g/mol. The van der Waals surface area contributed by atoms with Crippen LogP contribution >= 0.6 is 22.9 Å². The first-order valence-corrected chi connectivity index (χ1v) is 11.8. The lowest BCUT2D eigenvalue weighted by Crippen LogP contribution is -2.36. The molecule has 3 aromatic rings. The second kappa shape index (κ2) is 9.96. The van der Waals surface area contributed by atoms with E-state index < -0.39 is 23.6 Å². The van der Waals surface area contributed by atoms with Gasteiger partial charge in [0.15, 0.2) is 16.1 Å². The van der Waals surface area contributed by atoms with Gasteiger partial charge in [-0.25, -0.2) is 14.2 Å². The predicted octanol–water partition coefficient (Wildman–Crippen LogP) is 5.30. The standard InChI is InChI=1S/C22H22ClFN4O4S/c1-3-31-21(30)12(2)28(15-10-8-14(24)9-11-15)22-25-18(23)17(33-22)16(29)20-26-19(27-32-20)13-6-4-5-7-13/h8-13H,3-7H2,1-2H3. The lowest BCUT2D eigenvalue weighted by molar-refractivity contribution is -0.144. The summed E-state index contributed by atoms with van der Waals surface area (Å²) in [5.74, 6) is -0.893. The molecule has 0 radical (unpaired) electrons. The molecule has 0 spiro atoms. The van der Waals surface area contributed by atoms with Crippen LogP contribution < -0.4 is 4.90 Å². The van der Waals surface area contributed by atoms with Crippen molar-refractivity contribution in [2.24, 2.45) is 0 Å². The SMILES string of the molecule is CCOC(=O)C(C)N(c1ccc(F)cc1)c1nc(Cl)c(C(=O)c2nc(C3CCCC3)no2)s1. The van der Waals surface area contributed by atoms with E-state index in [1.165, 1.54) is 24.3 Å². The van der Waals surface area contributed by atoms with Gasteiger partial charge in [-0.15, -0.1) is 0 Å². The molecule has 33 heavy (non-hydrogen) atoms. The Morgan fingerprint density at radius 3 is 2.64 bits per heavy atom. The molecule has 4 rings (SSSR count). The summed E-state index contributed by atoms with van der Waals surface area (Å²) in [6.07, 6.45) is 4.14. The zero-order valence-electron chi connectivity index (χ0n) is 18.1. The average molecular weight is 493 g/mol. The van der Waals surface area contributed by atoms with E-state index in [4.69, 9.17) is 20.9 Å². The molecule has 11 heteroatoms. The molecule has 1 fully saturated rings. The smallest absolute Gasteiger partial charge is 0.328 e. The van der Waals surface area contributed by atoms with Crippen LogP contribution in [0.25, 0.3) is 0 Å². The van der Waals surface area contributed by atoms with Gasteiger partial charge in [-0.2, -0.15) is 4.98 Å². The fraction of sp³-hybridized carbons (Fsp3) is 0.409. The fourth-order valence-corrected chi connectivity index (χ4v) is 5.10. The van der Waals surface area contributed by atoms with Crippen LogP contribution in [0, 0.1) is 5.82 Å². The molecule has 0 N–H and O–H groups in total. The van der Waals surface area contributed by atoms with Crippen molar-refractivity contribution in [1.29, 1.82) is 0 Å². The summed E-state index contributed by atoms with van der Waals surface area (Å²) in [4.78, 5) is 35.8. The molecule has 1 saturated carbocycles. The lowest BCUT2D eigenvalue weighted by atomic mass is 10.1. The Hall–Kier alpha value is -2.85. The Morgan fingerprint density at radius 2 is 1.97 bits per heavy atom. The molecule has 2 heterocycles. The summed E-state index contributed by atoms with van der Waals surface area (Å²) in [6, 6.07) is 4.74. The molecule has 0 saturated heterocycles. The number of rotatable bonds is 8. The Bertz CT molecular complexity index is 1140. The minimum atomic E-state index is -0.807. The third-order valence-corrected chi connectivity index (χ3v) is 6.90. The number of carbonyl (C=O) groups is 2. The molecule has 1 aromatic carbocycles. The highest BCUT2D eigenvalue weighted by molar-refractivity contribution is 7.18. The van der Waals surface area contributed by atoms with Crippen LogP contribution in [0.3, 0.4) is 0 Å². The molecule has 0 aliphatic heterocycles. The van der Waals surface area contributed by atoms with Gasteiger partial charge in [-0.05, 0) is 51.0 Å². The number of thiazole rings is 1. The van der Waals surface area contributed by atoms with Crippen molar-refractivity contribution in [2.45, 2.75) is 51.5 Å². The maximum absolute atomic E-state index is 13.5. The first kappa shape index (κ1) is 23.3. The van der Waals surface area contributed by atoms with Crippen molar-refractivity contribution in [3.05, 3.63) is 51.8 Å². The highest BCUT2D eigenvalue weighted by atomic mass is 35.5. The van der Waals surface area contributed by atoms with Crippen LogP contribution in [-0.2, 0) is 9.53 Å². The molecule has 0 amide bonds. The van der Waals surface area contributed by atoms with Crippen molar-refractivity contribution >= 4 is 45.5 Å². The molecule has 174 valence electrons. The number of ether oxygens (including phenoxy) is 1. The Morgan fingerprint density at radius 1 is 1.27 bits per heavy atom. The number of esters is 1. The highest BCUT2D eigenvalue weighted by Crippen LogP contribution is 2.37. The molecular weight excluding hydrogens is 471 g/mol. The summed E-state index contributed by atoms with van der Waals surface area (Å²) in [7, 11) is 0. The number of aromatic nitrogens is 3. The minimum Gasteiger partial charge on any atom is -0.464 e. The normalized spacial score (nSPS) is 14.9. The first-order chi connectivity index (χ1) is 15.9. The molecule has 8 nitrogen and oxygen atoms in total. The van der Waals surface area contributed by atoms with Crippen LogP contribution in [0.15, 0.2) is 28.8 Å². The van der Waals surface area contributed by atoms with Crippen molar-refractivity contribution in [2.75, 3.05) is 11.5 Å². The van der Waals surface area contributed by atoms with E-state index in [2.05, 4.69) is 15.1 Å². The quantitative estimate of drug-likeness (QED) is 0.308. The van der Waals surface area contributed by atoms with E-state index in [0.29, 0.717) is 11.5 Å². The van der Waals surface area contributed by atoms with Gasteiger partial charge in [0.2, 0.25) is 0 Å². The Balaban J connectivity index is 1.66. The summed E-state index contributed by atoms with van der Waals surface area (Å²) in [5, 5.41) is 4.19. The number of nitrogens with zero attached hydrogens (tertiary/aromatic N) is 4. The van der Waals surface area contributed by atoms with Crippen molar-refractivity contribution in [3.63, 3.8) is 0 Å². The Kier molecular flexibility index (Phi) is 7.04. The van der Waals surface area contributed by atoms with Crippen molar-refractivity contribution in [3.8, 4) is 0 Å². The number of hydrogen-bond acceptors (Lipinski definition) is 9. The molecule has 1 unspecified atom stereocenters. The second-order valence-corrected chi connectivity index (χ2v) is 8.99. The van der Waals surface area contributed by atoms with E-state index >= 15 is 0 Å². The average Bonchev–Trinajstić information content (AvgIpc) is 3.56. The number of hydrogen-bond donors (Lipinski definition) is 0. The highest BCUT2D eigenvalue weighted by Gasteiger charge is 2.31. The summed E-state index contributed by atoms with van der Waals surface area (Å²) in [5.41, 5.74) is 0.489. The van der Waals surface area contributed by atoms with Crippen LogP contribution in [0.5, 0.6) is 0 Å².